The molecule has 16 heavy (non-hydrogen) atoms. The Morgan fingerprint density at radius 3 is 2.69 bits per heavy atom. The number of phenolic OH excluding ortho intramolecular Hbond substituents is 1. The molecule has 0 radical (unpaired) electrons. The van der Waals surface area contributed by atoms with Gasteiger partial charge in [-0.05, 0) is 28.1 Å². The van der Waals surface area contributed by atoms with Crippen molar-refractivity contribution in [2.45, 2.75) is 19.8 Å². The van der Waals surface area contributed by atoms with Crippen molar-refractivity contribution in [2.75, 3.05) is 0 Å². The molecule has 0 amide bonds. The predicted octanol–water partition coefficient (Wildman–Crippen LogP) is 3.38. The van der Waals surface area contributed by atoms with Crippen LogP contribution >= 0.6 is 15.9 Å². The molecular formula is C12H11BrO3. The minimum atomic E-state index is -0.107. The second kappa shape index (κ2) is 3.94. The molecule has 2 aromatic rings. The maximum atomic E-state index is 12.0. The van der Waals surface area contributed by atoms with Gasteiger partial charge in [-0.15, -0.1) is 0 Å². The minimum absolute atomic E-state index is 0.0904. The van der Waals surface area contributed by atoms with Crippen molar-refractivity contribution in [3.05, 3.63) is 38.7 Å². The Labute approximate surface area is 101 Å². The van der Waals surface area contributed by atoms with Crippen LogP contribution in [0.1, 0.15) is 25.5 Å². The summed E-state index contributed by atoms with van der Waals surface area (Å²) in [6, 6.07) is 4.49. The highest BCUT2D eigenvalue weighted by Crippen LogP contribution is 2.27. The van der Waals surface area contributed by atoms with Gasteiger partial charge in [-0.1, -0.05) is 13.8 Å². The highest BCUT2D eigenvalue weighted by molar-refractivity contribution is 9.10. The van der Waals surface area contributed by atoms with Gasteiger partial charge >= 0.3 is 0 Å². The van der Waals surface area contributed by atoms with Gasteiger partial charge in [0, 0.05) is 12.0 Å². The van der Waals surface area contributed by atoms with Gasteiger partial charge in [0.05, 0.1) is 5.39 Å². The lowest BCUT2D eigenvalue weighted by atomic mass is 10.1. The molecule has 1 aromatic carbocycles. The first-order valence-corrected chi connectivity index (χ1v) is 5.75. The van der Waals surface area contributed by atoms with Crippen LogP contribution in [0.4, 0.5) is 0 Å². The summed E-state index contributed by atoms with van der Waals surface area (Å²) in [5.41, 5.74) is 0.307. The molecule has 3 nitrogen and oxygen atoms in total. The highest BCUT2D eigenvalue weighted by atomic mass is 79.9. The van der Waals surface area contributed by atoms with Gasteiger partial charge in [0.25, 0.3) is 0 Å². The molecule has 1 heterocycles. The van der Waals surface area contributed by atoms with Crippen molar-refractivity contribution in [1.82, 2.24) is 0 Å². The summed E-state index contributed by atoms with van der Waals surface area (Å²) in [6.07, 6.45) is 0. The number of hydrogen-bond donors (Lipinski definition) is 1. The molecule has 0 aliphatic carbocycles. The van der Waals surface area contributed by atoms with Crippen LogP contribution in [0.15, 0.2) is 31.9 Å². The average Bonchev–Trinajstić information content (AvgIpc) is 2.22. The van der Waals surface area contributed by atoms with Gasteiger partial charge in [0.15, 0.2) is 0 Å². The van der Waals surface area contributed by atoms with Gasteiger partial charge in [0.2, 0.25) is 5.43 Å². The number of rotatable bonds is 1. The Hall–Kier alpha value is -1.29. The van der Waals surface area contributed by atoms with Crippen molar-refractivity contribution >= 4 is 26.9 Å². The van der Waals surface area contributed by atoms with Crippen LogP contribution < -0.4 is 5.43 Å². The number of hydrogen-bond acceptors (Lipinski definition) is 3. The highest BCUT2D eigenvalue weighted by Gasteiger charge is 2.14. The summed E-state index contributed by atoms with van der Waals surface area (Å²) in [5, 5.41) is 9.81. The molecule has 1 aromatic heterocycles. The maximum Gasteiger partial charge on any atom is 0.207 e. The lowest BCUT2D eigenvalue weighted by molar-refractivity contribution is 0.469. The second-order valence-electron chi connectivity index (χ2n) is 3.94. The first-order valence-electron chi connectivity index (χ1n) is 4.96. The molecule has 84 valence electrons. The number of aromatic hydroxyl groups is 1. The van der Waals surface area contributed by atoms with E-state index in [4.69, 9.17) is 4.42 Å². The summed E-state index contributed by atoms with van der Waals surface area (Å²) in [7, 11) is 0. The molecule has 4 heteroatoms. The molecule has 0 fully saturated rings. The van der Waals surface area contributed by atoms with Gasteiger partial charge in [-0.3, -0.25) is 4.79 Å². The van der Waals surface area contributed by atoms with E-state index in [2.05, 4.69) is 15.9 Å². The van der Waals surface area contributed by atoms with Crippen LogP contribution in [0.3, 0.4) is 0 Å². The Morgan fingerprint density at radius 2 is 2.06 bits per heavy atom. The largest absolute Gasteiger partial charge is 0.508 e. The second-order valence-corrected chi connectivity index (χ2v) is 4.74. The van der Waals surface area contributed by atoms with E-state index in [1.54, 1.807) is 6.07 Å². The summed E-state index contributed by atoms with van der Waals surface area (Å²) in [6.45, 7) is 3.88. The molecule has 0 bridgehead atoms. The molecule has 0 aliphatic heterocycles. The Bertz CT molecular complexity index is 599. The van der Waals surface area contributed by atoms with Gasteiger partial charge < -0.3 is 9.52 Å². The van der Waals surface area contributed by atoms with Crippen LogP contribution in [-0.2, 0) is 0 Å². The van der Waals surface area contributed by atoms with Gasteiger partial charge in [-0.25, -0.2) is 0 Å². The maximum absolute atomic E-state index is 12.0. The lowest BCUT2D eigenvalue weighted by Gasteiger charge is -2.08. The Balaban J connectivity index is 2.89. The fraction of sp³-hybridized carbons (Fsp3) is 0.250. The van der Waals surface area contributed by atoms with Crippen LogP contribution in [0.2, 0.25) is 0 Å². The van der Waals surface area contributed by atoms with Crippen LogP contribution in [-0.4, -0.2) is 5.11 Å². The van der Waals surface area contributed by atoms with E-state index >= 15 is 0 Å². The molecule has 2 rings (SSSR count). The van der Waals surface area contributed by atoms with E-state index in [1.807, 2.05) is 13.8 Å². The zero-order chi connectivity index (χ0) is 11.9. The smallest absolute Gasteiger partial charge is 0.207 e. The Kier molecular flexibility index (Phi) is 2.76. The molecule has 0 unspecified atom stereocenters. The third-order valence-corrected chi connectivity index (χ3v) is 3.12. The van der Waals surface area contributed by atoms with E-state index in [0.717, 1.165) is 0 Å². The third-order valence-electron chi connectivity index (χ3n) is 2.37. The Morgan fingerprint density at radius 1 is 1.38 bits per heavy atom. The van der Waals surface area contributed by atoms with Crippen molar-refractivity contribution in [1.29, 1.82) is 0 Å². The molecule has 0 atom stereocenters. The van der Waals surface area contributed by atoms with Crippen molar-refractivity contribution in [3.8, 4) is 5.75 Å². The minimum Gasteiger partial charge on any atom is -0.508 e. The topological polar surface area (TPSA) is 50.4 Å². The van der Waals surface area contributed by atoms with Crippen molar-refractivity contribution in [3.63, 3.8) is 0 Å². The van der Waals surface area contributed by atoms with E-state index < -0.39 is 0 Å². The number of phenols is 1. The standard InChI is InChI=1S/C12H11BrO3/c1-6(2)12-10(13)11(15)8-4-3-7(14)5-9(8)16-12/h3-6,14H,1-2H3. The summed E-state index contributed by atoms with van der Waals surface area (Å²) in [4.78, 5) is 12.0. The van der Waals surface area contributed by atoms with E-state index in [9.17, 15) is 9.90 Å². The fourth-order valence-corrected chi connectivity index (χ4v) is 2.30. The summed E-state index contributed by atoms with van der Waals surface area (Å²) in [5.74, 6) is 0.796. The first-order chi connectivity index (χ1) is 7.50. The SMILES string of the molecule is CC(C)c1oc2cc(O)ccc2c(=O)c1Br. The molecule has 0 spiro atoms. The fourth-order valence-electron chi connectivity index (χ4n) is 1.55. The monoisotopic (exact) mass is 282 g/mol. The zero-order valence-electron chi connectivity index (χ0n) is 8.95. The summed E-state index contributed by atoms with van der Waals surface area (Å²) >= 11 is 3.25. The third kappa shape index (κ3) is 1.73. The lowest BCUT2D eigenvalue weighted by Crippen LogP contribution is -2.06. The number of benzene rings is 1. The molecule has 0 saturated heterocycles. The van der Waals surface area contributed by atoms with E-state index in [-0.39, 0.29) is 17.1 Å². The van der Waals surface area contributed by atoms with E-state index in [0.29, 0.717) is 21.2 Å². The zero-order valence-corrected chi connectivity index (χ0v) is 10.5. The van der Waals surface area contributed by atoms with Crippen LogP contribution in [0.25, 0.3) is 11.0 Å². The van der Waals surface area contributed by atoms with Crippen molar-refractivity contribution in [2.24, 2.45) is 0 Å². The first kappa shape index (κ1) is 11.2. The molecular weight excluding hydrogens is 272 g/mol. The molecule has 1 N–H and O–H groups in total. The predicted molar refractivity (Wildman–Crippen MR) is 65.9 cm³/mol. The normalized spacial score (nSPS) is 11.2. The van der Waals surface area contributed by atoms with Crippen LogP contribution in [0, 0.1) is 0 Å². The van der Waals surface area contributed by atoms with E-state index in [1.165, 1.54) is 12.1 Å². The number of halogens is 1. The van der Waals surface area contributed by atoms with Crippen LogP contribution in [0.5, 0.6) is 5.75 Å². The quantitative estimate of drug-likeness (QED) is 0.872. The van der Waals surface area contributed by atoms with Crippen molar-refractivity contribution < 1.29 is 9.52 Å². The van der Waals surface area contributed by atoms with Gasteiger partial charge in [-0.2, -0.15) is 0 Å². The van der Waals surface area contributed by atoms with Gasteiger partial charge in [0.1, 0.15) is 21.6 Å². The molecule has 0 aliphatic rings. The average molecular weight is 283 g/mol. The molecule has 0 saturated carbocycles. The summed E-state index contributed by atoms with van der Waals surface area (Å²) < 4.78 is 6.07. The number of fused-ring (bicyclic) bond motifs is 1.